The Hall–Kier alpha value is -3.19. The van der Waals surface area contributed by atoms with Gasteiger partial charge in [-0.25, -0.2) is 14.8 Å². The summed E-state index contributed by atoms with van der Waals surface area (Å²) in [6.07, 6.45) is 1.72. The van der Waals surface area contributed by atoms with Gasteiger partial charge in [0.1, 0.15) is 18.1 Å². The summed E-state index contributed by atoms with van der Waals surface area (Å²) >= 11 is 1.50. The van der Waals surface area contributed by atoms with Gasteiger partial charge >= 0.3 is 5.97 Å². The van der Waals surface area contributed by atoms with Crippen molar-refractivity contribution in [3.63, 3.8) is 0 Å². The van der Waals surface area contributed by atoms with Gasteiger partial charge in [0.15, 0.2) is 0 Å². The van der Waals surface area contributed by atoms with E-state index in [1.807, 2.05) is 30.3 Å². The molecule has 0 bridgehead atoms. The first-order valence-electron chi connectivity index (χ1n) is 8.21. The van der Waals surface area contributed by atoms with E-state index in [0.29, 0.717) is 17.3 Å². The van der Waals surface area contributed by atoms with Crippen LogP contribution in [0.5, 0.6) is 11.5 Å². The van der Waals surface area contributed by atoms with Gasteiger partial charge in [0.05, 0.1) is 30.4 Å². The van der Waals surface area contributed by atoms with Crippen LogP contribution in [0.25, 0.3) is 11.3 Å². The summed E-state index contributed by atoms with van der Waals surface area (Å²) < 4.78 is 15.7. The fourth-order valence-corrected chi connectivity index (χ4v) is 3.58. The number of methoxy groups -OCH3 is 2. The molecule has 0 N–H and O–H groups in total. The fourth-order valence-electron chi connectivity index (χ4n) is 2.74. The highest BCUT2D eigenvalue weighted by atomic mass is 32.1. The number of esters is 1. The fraction of sp³-hybridized carbons (Fsp3) is 0.150. The molecule has 0 radical (unpaired) electrons. The van der Waals surface area contributed by atoms with E-state index in [-0.39, 0.29) is 5.97 Å². The molecule has 4 rings (SSSR count). The minimum Gasteiger partial charge on any atom is -0.497 e. The maximum Gasteiger partial charge on any atom is 0.337 e. The third-order valence-electron chi connectivity index (χ3n) is 4.14. The summed E-state index contributed by atoms with van der Waals surface area (Å²) in [6, 6.07) is 12.7. The Morgan fingerprint density at radius 1 is 1.22 bits per heavy atom. The molecule has 136 valence electrons. The molecule has 1 aliphatic rings. The standard InChI is InChI=1S/C20H16N2O4S/c1-24-14-7-8-15-16(9-14)26-11-17-18(15)22-20(27-17)21-10-12-3-5-13(6-4-12)19(23)25-2/h3-10H,11H2,1-2H3. The maximum absolute atomic E-state index is 11.5. The van der Waals surface area contributed by atoms with Crippen LogP contribution in [0.4, 0.5) is 5.13 Å². The van der Waals surface area contributed by atoms with Crippen molar-refractivity contribution in [3.05, 3.63) is 58.5 Å². The van der Waals surface area contributed by atoms with Gasteiger partial charge in [0, 0.05) is 17.8 Å². The van der Waals surface area contributed by atoms with Crippen molar-refractivity contribution in [2.45, 2.75) is 6.61 Å². The van der Waals surface area contributed by atoms with Gasteiger partial charge in [-0.3, -0.25) is 0 Å². The molecule has 0 aliphatic carbocycles. The number of carbonyl (C=O) groups excluding carboxylic acids is 1. The molecule has 2 heterocycles. The zero-order chi connectivity index (χ0) is 18.8. The summed E-state index contributed by atoms with van der Waals surface area (Å²) in [6.45, 7) is 0.469. The lowest BCUT2D eigenvalue weighted by Gasteiger charge is -2.16. The van der Waals surface area contributed by atoms with Gasteiger partial charge < -0.3 is 14.2 Å². The van der Waals surface area contributed by atoms with E-state index in [2.05, 4.69) is 9.98 Å². The molecule has 0 atom stereocenters. The monoisotopic (exact) mass is 380 g/mol. The predicted molar refractivity (Wildman–Crippen MR) is 103 cm³/mol. The number of benzene rings is 2. The van der Waals surface area contributed by atoms with Crippen molar-refractivity contribution in [2.75, 3.05) is 14.2 Å². The lowest BCUT2D eigenvalue weighted by molar-refractivity contribution is 0.0600. The first-order valence-corrected chi connectivity index (χ1v) is 9.03. The van der Waals surface area contributed by atoms with Crippen LogP contribution in [0.15, 0.2) is 47.5 Å². The second kappa shape index (κ2) is 7.20. The highest BCUT2D eigenvalue weighted by molar-refractivity contribution is 7.15. The Balaban J connectivity index is 1.57. The van der Waals surface area contributed by atoms with E-state index in [0.717, 1.165) is 33.2 Å². The second-order valence-corrected chi connectivity index (χ2v) is 6.85. The van der Waals surface area contributed by atoms with Gasteiger partial charge in [-0.1, -0.05) is 23.5 Å². The van der Waals surface area contributed by atoms with Crippen LogP contribution in [0.3, 0.4) is 0 Å². The first kappa shape index (κ1) is 17.2. The van der Waals surface area contributed by atoms with Crippen molar-refractivity contribution in [1.82, 2.24) is 4.98 Å². The van der Waals surface area contributed by atoms with E-state index in [9.17, 15) is 4.79 Å². The number of hydrogen-bond acceptors (Lipinski definition) is 7. The highest BCUT2D eigenvalue weighted by Crippen LogP contribution is 2.42. The van der Waals surface area contributed by atoms with Crippen LogP contribution in [-0.4, -0.2) is 31.4 Å². The van der Waals surface area contributed by atoms with Gasteiger partial charge in [-0.05, 0) is 29.8 Å². The molecule has 7 heteroatoms. The zero-order valence-electron chi connectivity index (χ0n) is 14.8. The molecular formula is C20H16N2O4S. The van der Waals surface area contributed by atoms with E-state index in [1.165, 1.54) is 18.4 Å². The molecule has 0 saturated heterocycles. The van der Waals surface area contributed by atoms with Crippen LogP contribution in [0.1, 0.15) is 20.8 Å². The van der Waals surface area contributed by atoms with E-state index in [4.69, 9.17) is 14.2 Å². The SMILES string of the molecule is COC(=O)c1ccc(C=Nc2nc3c(s2)COc2cc(OC)ccc2-3)cc1. The number of fused-ring (bicyclic) bond motifs is 3. The zero-order valence-corrected chi connectivity index (χ0v) is 15.6. The molecule has 27 heavy (non-hydrogen) atoms. The highest BCUT2D eigenvalue weighted by Gasteiger charge is 2.22. The maximum atomic E-state index is 11.5. The molecule has 2 aromatic carbocycles. The molecule has 0 amide bonds. The molecule has 1 aromatic heterocycles. The van der Waals surface area contributed by atoms with Crippen LogP contribution in [-0.2, 0) is 11.3 Å². The average Bonchev–Trinajstić information content (AvgIpc) is 3.15. The number of rotatable bonds is 4. The van der Waals surface area contributed by atoms with Crippen molar-refractivity contribution < 1.29 is 19.0 Å². The third kappa shape index (κ3) is 3.41. The Bertz CT molecular complexity index is 1020. The summed E-state index contributed by atoms with van der Waals surface area (Å²) in [7, 11) is 2.99. The van der Waals surface area contributed by atoms with Crippen LogP contribution in [0.2, 0.25) is 0 Å². The molecule has 0 fully saturated rings. The van der Waals surface area contributed by atoms with Crippen molar-refractivity contribution in [2.24, 2.45) is 4.99 Å². The molecule has 1 aliphatic heterocycles. The van der Waals surface area contributed by atoms with Gasteiger partial charge in [-0.15, -0.1) is 0 Å². The van der Waals surface area contributed by atoms with Crippen molar-refractivity contribution in [3.8, 4) is 22.8 Å². The smallest absolute Gasteiger partial charge is 0.337 e. The predicted octanol–water partition coefficient (Wildman–Crippen LogP) is 4.25. The van der Waals surface area contributed by atoms with Crippen molar-refractivity contribution >= 4 is 28.7 Å². The van der Waals surface area contributed by atoms with E-state index in [1.54, 1.807) is 25.5 Å². The number of ether oxygens (including phenoxy) is 3. The van der Waals surface area contributed by atoms with Gasteiger partial charge in [0.2, 0.25) is 5.13 Å². The van der Waals surface area contributed by atoms with E-state index >= 15 is 0 Å². The molecule has 0 saturated carbocycles. The number of aliphatic imine (C=N–C) groups is 1. The third-order valence-corrected chi connectivity index (χ3v) is 5.08. The second-order valence-electron chi connectivity index (χ2n) is 5.79. The quantitative estimate of drug-likeness (QED) is 0.500. The van der Waals surface area contributed by atoms with Crippen LogP contribution >= 0.6 is 11.3 Å². The number of nitrogens with zero attached hydrogens (tertiary/aromatic N) is 2. The minimum atomic E-state index is -0.360. The Labute approximate surface area is 160 Å². The summed E-state index contributed by atoms with van der Waals surface area (Å²) in [4.78, 5) is 21.6. The number of carbonyl (C=O) groups is 1. The molecular weight excluding hydrogens is 364 g/mol. The number of aromatic nitrogens is 1. The molecule has 0 spiro atoms. The van der Waals surface area contributed by atoms with Crippen molar-refractivity contribution in [1.29, 1.82) is 0 Å². The molecule has 6 nitrogen and oxygen atoms in total. The lowest BCUT2D eigenvalue weighted by atomic mass is 10.1. The number of hydrogen-bond donors (Lipinski definition) is 0. The largest absolute Gasteiger partial charge is 0.497 e. The average molecular weight is 380 g/mol. The summed E-state index contributed by atoms with van der Waals surface area (Å²) in [5.74, 6) is 1.16. The molecule has 0 unspecified atom stereocenters. The topological polar surface area (TPSA) is 70.0 Å². The minimum absolute atomic E-state index is 0.360. The van der Waals surface area contributed by atoms with Crippen LogP contribution in [0, 0.1) is 0 Å². The Morgan fingerprint density at radius 2 is 2.04 bits per heavy atom. The Kier molecular flexibility index (Phi) is 4.60. The first-order chi connectivity index (χ1) is 13.2. The summed E-state index contributed by atoms with van der Waals surface area (Å²) in [5, 5.41) is 0.657. The van der Waals surface area contributed by atoms with Gasteiger partial charge in [-0.2, -0.15) is 0 Å². The molecule has 3 aromatic rings. The number of thiazole rings is 1. The summed E-state index contributed by atoms with van der Waals surface area (Å²) in [5.41, 5.74) is 3.22. The lowest BCUT2D eigenvalue weighted by Crippen LogP contribution is -2.03. The van der Waals surface area contributed by atoms with Gasteiger partial charge in [0.25, 0.3) is 0 Å². The Morgan fingerprint density at radius 3 is 2.78 bits per heavy atom. The van der Waals surface area contributed by atoms with Crippen LogP contribution < -0.4 is 9.47 Å². The normalized spacial score (nSPS) is 12.2. The van der Waals surface area contributed by atoms with E-state index < -0.39 is 0 Å².